The molecule has 1 saturated heterocycles. The first-order chi connectivity index (χ1) is 9.89. The molecule has 0 aromatic heterocycles. The van der Waals surface area contributed by atoms with Gasteiger partial charge in [0.15, 0.2) is 0 Å². The van der Waals surface area contributed by atoms with Crippen LogP contribution in [0.4, 0.5) is 0 Å². The molecule has 0 radical (unpaired) electrons. The first kappa shape index (κ1) is 18.9. The van der Waals surface area contributed by atoms with Gasteiger partial charge in [0.1, 0.15) is 0 Å². The second kappa shape index (κ2) is 9.08. The first-order valence-corrected chi connectivity index (χ1v) is 9.71. The smallest absolute Gasteiger partial charge is 0.281 e. The van der Waals surface area contributed by atoms with E-state index in [1.54, 1.807) is 11.4 Å². The van der Waals surface area contributed by atoms with Crippen molar-refractivity contribution < 1.29 is 8.42 Å². The molecule has 0 aliphatic carbocycles. The van der Waals surface area contributed by atoms with Gasteiger partial charge in [-0.05, 0) is 50.6 Å². The predicted molar refractivity (Wildman–Crippen MR) is 88.5 cm³/mol. The van der Waals surface area contributed by atoms with Gasteiger partial charge >= 0.3 is 0 Å². The number of hydrogen-bond acceptors (Lipinski definition) is 3. The molecule has 0 spiro atoms. The summed E-state index contributed by atoms with van der Waals surface area (Å²) in [5.41, 5.74) is 0. The Morgan fingerprint density at radius 2 is 1.86 bits per heavy atom. The highest BCUT2D eigenvalue weighted by Gasteiger charge is 2.31. The molecule has 126 valence electrons. The largest absolute Gasteiger partial charge is 0.317 e. The van der Waals surface area contributed by atoms with Crippen LogP contribution in [0, 0.1) is 11.8 Å². The normalized spacial score (nSPS) is 18.8. The van der Waals surface area contributed by atoms with Crippen LogP contribution in [0.1, 0.15) is 46.5 Å². The van der Waals surface area contributed by atoms with Crippen molar-refractivity contribution in [2.24, 2.45) is 11.8 Å². The molecule has 1 heterocycles. The van der Waals surface area contributed by atoms with E-state index in [4.69, 9.17) is 0 Å². The Kier molecular flexibility index (Phi) is 8.16. The molecule has 0 saturated carbocycles. The van der Waals surface area contributed by atoms with Crippen LogP contribution in [-0.4, -0.2) is 56.8 Å². The Morgan fingerprint density at radius 1 is 1.24 bits per heavy atom. The molecule has 21 heavy (non-hydrogen) atoms. The van der Waals surface area contributed by atoms with Gasteiger partial charge in [-0.2, -0.15) is 17.0 Å². The molecular weight excluding hydrogens is 286 g/mol. The van der Waals surface area contributed by atoms with E-state index in [1.807, 2.05) is 0 Å². The summed E-state index contributed by atoms with van der Waals surface area (Å²) < 4.78 is 28.2. The van der Waals surface area contributed by atoms with Gasteiger partial charge in [0.25, 0.3) is 10.2 Å². The van der Waals surface area contributed by atoms with Crippen molar-refractivity contribution in [2.75, 3.05) is 39.8 Å². The van der Waals surface area contributed by atoms with Gasteiger partial charge < -0.3 is 5.32 Å². The molecular formula is C15H33N3O2S. The number of nitrogens with one attached hydrogen (secondary N) is 1. The molecule has 1 N–H and O–H groups in total. The molecule has 6 heteroatoms. The molecule has 0 bridgehead atoms. The van der Waals surface area contributed by atoms with Crippen LogP contribution in [-0.2, 0) is 10.2 Å². The lowest BCUT2D eigenvalue weighted by molar-refractivity contribution is 0.218. The maximum Gasteiger partial charge on any atom is 0.281 e. The maximum atomic E-state index is 12.5. The Hall–Kier alpha value is -0.170. The van der Waals surface area contributed by atoms with E-state index < -0.39 is 10.2 Å². The fourth-order valence-corrected chi connectivity index (χ4v) is 4.24. The van der Waals surface area contributed by atoms with E-state index in [1.165, 1.54) is 4.31 Å². The van der Waals surface area contributed by atoms with Crippen molar-refractivity contribution in [3.05, 3.63) is 0 Å². The summed E-state index contributed by atoms with van der Waals surface area (Å²) in [6.45, 7) is 10.4. The van der Waals surface area contributed by atoms with E-state index in [0.29, 0.717) is 31.5 Å². The Balaban J connectivity index is 2.38. The average molecular weight is 320 g/mol. The van der Waals surface area contributed by atoms with Crippen molar-refractivity contribution in [2.45, 2.75) is 46.5 Å². The molecule has 1 fully saturated rings. The third kappa shape index (κ3) is 5.85. The molecule has 0 atom stereocenters. The van der Waals surface area contributed by atoms with Crippen molar-refractivity contribution in [3.8, 4) is 0 Å². The molecule has 1 rings (SSSR count). The lowest BCUT2D eigenvalue weighted by Crippen LogP contribution is -2.46. The van der Waals surface area contributed by atoms with Gasteiger partial charge in [0, 0.05) is 26.7 Å². The summed E-state index contributed by atoms with van der Waals surface area (Å²) in [5, 5.41) is 3.30. The second-order valence-corrected chi connectivity index (χ2v) is 8.45. The highest BCUT2D eigenvalue weighted by atomic mass is 32.2. The number of rotatable bonds is 9. The minimum absolute atomic E-state index is 0.586. The van der Waals surface area contributed by atoms with Gasteiger partial charge in [-0.25, -0.2) is 0 Å². The van der Waals surface area contributed by atoms with Crippen LogP contribution in [0.3, 0.4) is 0 Å². The van der Waals surface area contributed by atoms with E-state index in [-0.39, 0.29) is 0 Å². The predicted octanol–water partition coefficient (Wildman–Crippen LogP) is 1.92. The van der Waals surface area contributed by atoms with Crippen molar-refractivity contribution in [1.82, 2.24) is 13.9 Å². The van der Waals surface area contributed by atoms with Crippen LogP contribution >= 0.6 is 0 Å². The number of hydrogen-bond donors (Lipinski definition) is 1. The standard InChI is InChI=1S/C15H33N3O2S/c1-5-9-16-10-6-11-17(4)21(19,20)18-12-7-15(8-13-18)14(2)3/h14-16H,5-13H2,1-4H3. The monoisotopic (exact) mass is 319 g/mol. The summed E-state index contributed by atoms with van der Waals surface area (Å²) in [5.74, 6) is 1.32. The SMILES string of the molecule is CCCNCCCN(C)S(=O)(=O)N1CCC(C(C)C)CC1. The van der Waals surface area contributed by atoms with Gasteiger partial charge in [-0.3, -0.25) is 0 Å². The molecule has 0 amide bonds. The van der Waals surface area contributed by atoms with Crippen LogP contribution in [0.2, 0.25) is 0 Å². The third-order valence-electron chi connectivity index (χ3n) is 4.41. The zero-order valence-corrected chi connectivity index (χ0v) is 15.0. The summed E-state index contributed by atoms with van der Waals surface area (Å²) in [4.78, 5) is 0. The van der Waals surface area contributed by atoms with Crippen LogP contribution in [0.5, 0.6) is 0 Å². The van der Waals surface area contributed by atoms with Crippen molar-refractivity contribution in [1.29, 1.82) is 0 Å². The van der Waals surface area contributed by atoms with E-state index in [2.05, 4.69) is 26.1 Å². The zero-order chi connectivity index (χ0) is 15.9. The zero-order valence-electron chi connectivity index (χ0n) is 14.1. The van der Waals surface area contributed by atoms with Gasteiger partial charge in [-0.15, -0.1) is 0 Å². The highest BCUT2D eigenvalue weighted by molar-refractivity contribution is 7.86. The molecule has 0 unspecified atom stereocenters. The summed E-state index contributed by atoms with van der Waals surface area (Å²) >= 11 is 0. The van der Waals surface area contributed by atoms with Gasteiger partial charge in [0.05, 0.1) is 0 Å². The summed E-state index contributed by atoms with van der Waals surface area (Å²) in [6.07, 6.45) is 3.95. The second-order valence-electron chi connectivity index (χ2n) is 6.41. The lowest BCUT2D eigenvalue weighted by Gasteiger charge is -2.35. The Morgan fingerprint density at radius 3 is 2.38 bits per heavy atom. The number of nitrogens with zero attached hydrogens (tertiary/aromatic N) is 2. The highest BCUT2D eigenvalue weighted by Crippen LogP contribution is 2.26. The van der Waals surface area contributed by atoms with E-state index in [0.717, 1.165) is 38.8 Å². The maximum absolute atomic E-state index is 12.5. The topological polar surface area (TPSA) is 52.7 Å². The summed E-state index contributed by atoms with van der Waals surface area (Å²) in [7, 11) is -1.57. The lowest BCUT2D eigenvalue weighted by atomic mass is 9.87. The molecule has 0 aromatic rings. The van der Waals surface area contributed by atoms with Crippen LogP contribution in [0.15, 0.2) is 0 Å². The fourth-order valence-electron chi connectivity index (χ4n) is 2.81. The summed E-state index contributed by atoms with van der Waals surface area (Å²) in [6, 6.07) is 0. The van der Waals surface area contributed by atoms with Crippen molar-refractivity contribution >= 4 is 10.2 Å². The fraction of sp³-hybridized carbons (Fsp3) is 1.00. The Bertz CT molecular complexity index is 376. The minimum atomic E-state index is -3.27. The first-order valence-electron chi connectivity index (χ1n) is 8.31. The van der Waals surface area contributed by atoms with Gasteiger partial charge in [-0.1, -0.05) is 20.8 Å². The molecule has 5 nitrogen and oxygen atoms in total. The molecule has 1 aliphatic rings. The van der Waals surface area contributed by atoms with Crippen molar-refractivity contribution in [3.63, 3.8) is 0 Å². The van der Waals surface area contributed by atoms with E-state index >= 15 is 0 Å². The van der Waals surface area contributed by atoms with Crippen LogP contribution < -0.4 is 5.32 Å². The Labute approximate surface area is 131 Å². The third-order valence-corrected chi connectivity index (χ3v) is 6.40. The van der Waals surface area contributed by atoms with Gasteiger partial charge in [0.2, 0.25) is 0 Å². The molecule has 1 aliphatic heterocycles. The molecule has 0 aromatic carbocycles. The minimum Gasteiger partial charge on any atom is -0.317 e. The van der Waals surface area contributed by atoms with E-state index in [9.17, 15) is 8.42 Å². The quantitative estimate of drug-likeness (QED) is 0.661. The average Bonchev–Trinajstić information content (AvgIpc) is 2.46. The number of piperidine rings is 1. The van der Waals surface area contributed by atoms with Crippen LogP contribution in [0.25, 0.3) is 0 Å².